The minimum atomic E-state index is -0.0515. The topological polar surface area (TPSA) is 35.6 Å². The Bertz CT molecular complexity index is 235. The number of likely N-dealkylation sites (N-methyl/N-ethyl adjacent to an activating group) is 1. The van der Waals surface area contributed by atoms with Gasteiger partial charge >= 0.3 is 0 Å². The second-order valence-electron chi connectivity index (χ2n) is 5.57. The first kappa shape index (κ1) is 15.4. The molecule has 1 N–H and O–H groups in total. The third-order valence-corrected chi connectivity index (χ3v) is 3.55. The summed E-state index contributed by atoms with van der Waals surface area (Å²) in [7, 11) is 4.10. The summed E-state index contributed by atoms with van der Waals surface area (Å²) in [5, 5.41) is 3.31. The van der Waals surface area contributed by atoms with Gasteiger partial charge < -0.3 is 15.1 Å². The van der Waals surface area contributed by atoms with E-state index < -0.39 is 0 Å². The normalized spacial score (nSPS) is 19.4. The Morgan fingerprint density at radius 1 is 1.17 bits per heavy atom. The van der Waals surface area contributed by atoms with E-state index in [-0.39, 0.29) is 11.9 Å². The summed E-state index contributed by atoms with van der Waals surface area (Å²) in [6, 6.07) is -0.0515. The molecule has 106 valence electrons. The molecule has 0 aromatic rings. The third-order valence-electron chi connectivity index (χ3n) is 3.55. The maximum atomic E-state index is 12.3. The van der Waals surface area contributed by atoms with Gasteiger partial charge in [0, 0.05) is 26.2 Å². The van der Waals surface area contributed by atoms with Crippen LogP contribution in [0.4, 0.5) is 0 Å². The van der Waals surface area contributed by atoms with Gasteiger partial charge in [-0.2, -0.15) is 0 Å². The van der Waals surface area contributed by atoms with Crippen molar-refractivity contribution in [2.45, 2.75) is 45.1 Å². The van der Waals surface area contributed by atoms with Gasteiger partial charge in [0.05, 0.1) is 6.04 Å². The maximum absolute atomic E-state index is 12.3. The van der Waals surface area contributed by atoms with Crippen LogP contribution in [-0.2, 0) is 4.79 Å². The van der Waals surface area contributed by atoms with Crippen LogP contribution < -0.4 is 5.32 Å². The van der Waals surface area contributed by atoms with E-state index >= 15 is 0 Å². The molecule has 1 heterocycles. The Labute approximate surface area is 112 Å². The molecule has 1 fully saturated rings. The zero-order valence-corrected chi connectivity index (χ0v) is 12.2. The van der Waals surface area contributed by atoms with Crippen molar-refractivity contribution in [2.75, 3.05) is 40.3 Å². The van der Waals surface area contributed by atoms with Gasteiger partial charge in [-0.3, -0.25) is 4.79 Å². The molecule has 1 aliphatic rings. The van der Waals surface area contributed by atoms with E-state index in [9.17, 15) is 4.79 Å². The molecule has 1 saturated heterocycles. The Morgan fingerprint density at radius 2 is 1.72 bits per heavy atom. The van der Waals surface area contributed by atoms with Gasteiger partial charge in [0.25, 0.3) is 0 Å². The highest BCUT2D eigenvalue weighted by atomic mass is 16.2. The van der Waals surface area contributed by atoms with Gasteiger partial charge in [0.2, 0.25) is 5.91 Å². The minimum absolute atomic E-state index is 0.0515. The monoisotopic (exact) mass is 255 g/mol. The fourth-order valence-corrected chi connectivity index (χ4v) is 2.33. The molecule has 0 aromatic carbocycles. The van der Waals surface area contributed by atoms with Crippen molar-refractivity contribution in [1.82, 2.24) is 15.1 Å². The Balaban J connectivity index is 2.31. The highest BCUT2D eigenvalue weighted by molar-refractivity contribution is 5.81. The van der Waals surface area contributed by atoms with Crippen LogP contribution in [0.15, 0.2) is 0 Å². The van der Waals surface area contributed by atoms with Crippen molar-refractivity contribution in [2.24, 2.45) is 0 Å². The third kappa shape index (κ3) is 5.83. The lowest BCUT2D eigenvalue weighted by Gasteiger charge is -2.28. The standard InChI is InChI=1S/C14H29N3O/c1-13(15-9-12-16(2)3)14(18)17-10-7-5-4-6-8-11-17/h13,15H,4-12H2,1-3H3/t13-/m0/s1. The van der Waals surface area contributed by atoms with Crippen molar-refractivity contribution in [1.29, 1.82) is 0 Å². The van der Waals surface area contributed by atoms with E-state index in [4.69, 9.17) is 0 Å². The lowest BCUT2D eigenvalue weighted by Crippen LogP contribution is -2.47. The summed E-state index contributed by atoms with van der Waals surface area (Å²) in [5.74, 6) is 0.274. The average molecular weight is 255 g/mol. The fourth-order valence-electron chi connectivity index (χ4n) is 2.33. The van der Waals surface area contributed by atoms with E-state index in [0.717, 1.165) is 39.0 Å². The second-order valence-corrected chi connectivity index (χ2v) is 5.57. The molecule has 0 saturated carbocycles. The van der Waals surface area contributed by atoms with Crippen molar-refractivity contribution in [3.63, 3.8) is 0 Å². The van der Waals surface area contributed by atoms with Crippen molar-refractivity contribution in [3.05, 3.63) is 0 Å². The van der Waals surface area contributed by atoms with Crippen LogP contribution in [0.25, 0.3) is 0 Å². The van der Waals surface area contributed by atoms with E-state index in [2.05, 4.69) is 10.2 Å². The van der Waals surface area contributed by atoms with Crippen LogP contribution in [0.2, 0.25) is 0 Å². The zero-order valence-electron chi connectivity index (χ0n) is 12.2. The molecule has 0 unspecified atom stereocenters. The van der Waals surface area contributed by atoms with Crippen molar-refractivity contribution in [3.8, 4) is 0 Å². The molecular weight excluding hydrogens is 226 g/mol. The first-order chi connectivity index (χ1) is 8.61. The Hall–Kier alpha value is -0.610. The number of carbonyl (C=O) groups is 1. The molecule has 1 aliphatic heterocycles. The average Bonchev–Trinajstić information content (AvgIpc) is 2.27. The highest BCUT2D eigenvalue weighted by Crippen LogP contribution is 2.11. The van der Waals surface area contributed by atoms with Crippen LogP contribution in [0.1, 0.15) is 39.0 Å². The van der Waals surface area contributed by atoms with Crippen molar-refractivity contribution < 1.29 is 4.79 Å². The van der Waals surface area contributed by atoms with Gasteiger partial charge in [-0.25, -0.2) is 0 Å². The van der Waals surface area contributed by atoms with E-state index in [1.54, 1.807) is 0 Å². The van der Waals surface area contributed by atoms with Gasteiger partial charge in [-0.1, -0.05) is 19.3 Å². The number of rotatable bonds is 5. The highest BCUT2D eigenvalue weighted by Gasteiger charge is 2.20. The first-order valence-corrected chi connectivity index (χ1v) is 7.28. The number of likely N-dealkylation sites (tertiary alicyclic amines) is 1. The molecule has 0 spiro atoms. The maximum Gasteiger partial charge on any atom is 0.239 e. The van der Waals surface area contributed by atoms with Gasteiger partial charge in [0.1, 0.15) is 0 Å². The molecule has 0 bridgehead atoms. The van der Waals surface area contributed by atoms with Crippen LogP contribution in [0.3, 0.4) is 0 Å². The minimum Gasteiger partial charge on any atom is -0.341 e. The first-order valence-electron chi connectivity index (χ1n) is 7.28. The Kier molecular flexibility index (Phi) is 7.28. The lowest BCUT2D eigenvalue weighted by molar-refractivity contribution is -0.133. The molecule has 1 atom stereocenters. The number of nitrogens with zero attached hydrogens (tertiary/aromatic N) is 2. The fraction of sp³-hybridized carbons (Fsp3) is 0.929. The molecule has 4 nitrogen and oxygen atoms in total. The summed E-state index contributed by atoms with van der Waals surface area (Å²) >= 11 is 0. The van der Waals surface area contributed by atoms with Crippen LogP contribution in [0.5, 0.6) is 0 Å². The number of carbonyl (C=O) groups excluding carboxylic acids is 1. The molecule has 4 heteroatoms. The largest absolute Gasteiger partial charge is 0.341 e. The number of amides is 1. The molecule has 0 radical (unpaired) electrons. The van der Waals surface area contributed by atoms with Gasteiger partial charge in [-0.15, -0.1) is 0 Å². The van der Waals surface area contributed by atoms with E-state index in [1.807, 2.05) is 25.9 Å². The number of hydrogen-bond donors (Lipinski definition) is 1. The smallest absolute Gasteiger partial charge is 0.239 e. The summed E-state index contributed by atoms with van der Waals surface area (Å²) in [6.45, 7) is 5.71. The number of hydrogen-bond acceptors (Lipinski definition) is 3. The summed E-state index contributed by atoms with van der Waals surface area (Å²) in [5.41, 5.74) is 0. The van der Waals surface area contributed by atoms with Crippen LogP contribution >= 0.6 is 0 Å². The van der Waals surface area contributed by atoms with Gasteiger partial charge in [0.15, 0.2) is 0 Å². The SMILES string of the molecule is C[C@H](NCCN(C)C)C(=O)N1CCCCCCC1. The molecule has 1 rings (SSSR count). The molecule has 18 heavy (non-hydrogen) atoms. The zero-order chi connectivity index (χ0) is 13.4. The predicted molar refractivity (Wildman–Crippen MR) is 75.7 cm³/mol. The van der Waals surface area contributed by atoms with Crippen LogP contribution in [0, 0.1) is 0 Å². The second kappa shape index (κ2) is 8.48. The Morgan fingerprint density at radius 3 is 2.28 bits per heavy atom. The van der Waals surface area contributed by atoms with Crippen LogP contribution in [-0.4, -0.2) is 62.0 Å². The number of nitrogens with one attached hydrogen (secondary N) is 1. The predicted octanol–water partition coefficient (Wildman–Crippen LogP) is 1.32. The van der Waals surface area contributed by atoms with E-state index in [1.165, 1.54) is 19.3 Å². The summed E-state index contributed by atoms with van der Waals surface area (Å²) in [4.78, 5) is 16.5. The molecule has 1 amide bonds. The molecule has 0 aliphatic carbocycles. The molecular formula is C14H29N3O. The van der Waals surface area contributed by atoms with Gasteiger partial charge in [-0.05, 0) is 33.9 Å². The lowest BCUT2D eigenvalue weighted by atomic mass is 10.1. The quantitative estimate of drug-likeness (QED) is 0.805. The molecule has 0 aromatic heterocycles. The van der Waals surface area contributed by atoms with Crippen molar-refractivity contribution >= 4 is 5.91 Å². The summed E-state index contributed by atoms with van der Waals surface area (Å²) < 4.78 is 0. The summed E-state index contributed by atoms with van der Waals surface area (Å²) in [6.07, 6.45) is 6.20. The van der Waals surface area contributed by atoms with E-state index in [0.29, 0.717) is 0 Å².